The molecular weight excluding hydrogens is 439 g/mol. The monoisotopic (exact) mass is 454 g/mol. The zero-order valence-corrected chi connectivity index (χ0v) is 17.6. The number of thiophene rings is 1. The van der Waals surface area contributed by atoms with Crippen molar-refractivity contribution in [3.05, 3.63) is 56.9 Å². The number of rotatable bonds is 8. The van der Waals surface area contributed by atoms with Gasteiger partial charge in [-0.1, -0.05) is 29.3 Å². The summed E-state index contributed by atoms with van der Waals surface area (Å²) in [5, 5.41) is 11.1. The predicted octanol–water partition coefficient (Wildman–Crippen LogP) is 5.43. The molecule has 0 saturated heterocycles. The maximum absolute atomic E-state index is 11.6. The van der Waals surface area contributed by atoms with Gasteiger partial charge < -0.3 is 19.3 Å². The van der Waals surface area contributed by atoms with Crippen LogP contribution in [0.5, 0.6) is 11.5 Å². The first-order valence-corrected chi connectivity index (χ1v) is 10.1. The Balaban J connectivity index is 1.82. The number of carbonyl (C=O) groups excluding carboxylic acids is 1. The minimum atomic E-state index is -1.14. The summed E-state index contributed by atoms with van der Waals surface area (Å²) in [6.45, 7) is 1.76. The van der Waals surface area contributed by atoms with Gasteiger partial charge >= 0.3 is 11.9 Å². The molecule has 1 heterocycles. The van der Waals surface area contributed by atoms with Crippen LogP contribution in [0, 0.1) is 0 Å². The minimum absolute atomic E-state index is 0.00203. The highest BCUT2D eigenvalue weighted by atomic mass is 35.5. The number of fused-ring (bicyclic) bond motifs is 1. The first-order chi connectivity index (χ1) is 13.9. The van der Waals surface area contributed by atoms with Gasteiger partial charge in [-0.25, -0.2) is 9.59 Å². The molecule has 0 saturated carbocycles. The fourth-order valence-electron chi connectivity index (χ4n) is 2.56. The lowest BCUT2D eigenvalue weighted by atomic mass is 10.2. The van der Waals surface area contributed by atoms with Crippen LogP contribution in [0.3, 0.4) is 0 Å². The number of halogens is 2. The van der Waals surface area contributed by atoms with Crippen molar-refractivity contribution in [2.75, 3.05) is 13.2 Å². The smallest absolute Gasteiger partial charge is 0.349 e. The normalized spacial score (nSPS) is 10.7. The van der Waals surface area contributed by atoms with Crippen LogP contribution in [0.25, 0.3) is 10.1 Å². The molecular formula is C20H16Cl2O6S. The van der Waals surface area contributed by atoms with Gasteiger partial charge in [0.15, 0.2) is 17.2 Å². The number of carbonyl (C=O) groups is 2. The van der Waals surface area contributed by atoms with Crippen molar-refractivity contribution in [2.24, 2.45) is 0 Å². The molecule has 6 nitrogen and oxygen atoms in total. The zero-order chi connectivity index (χ0) is 21.0. The lowest BCUT2D eigenvalue weighted by Crippen LogP contribution is -2.15. The van der Waals surface area contributed by atoms with Gasteiger partial charge in [0.1, 0.15) is 12.4 Å². The fraction of sp³-hybridized carbons (Fsp3) is 0.200. The van der Waals surface area contributed by atoms with Crippen molar-refractivity contribution in [2.45, 2.75) is 13.5 Å². The van der Waals surface area contributed by atoms with Crippen LogP contribution in [0.2, 0.25) is 10.0 Å². The summed E-state index contributed by atoms with van der Waals surface area (Å²) in [6.07, 6.45) is 0. The van der Waals surface area contributed by atoms with Crippen LogP contribution in [-0.4, -0.2) is 30.3 Å². The number of hydrogen-bond donors (Lipinski definition) is 1. The van der Waals surface area contributed by atoms with E-state index >= 15 is 0 Å². The van der Waals surface area contributed by atoms with Crippen LogP contribution in [0.15, 0.2) is 36.4 Å². The molecule has 0 spiro atoms. The number of carboxylic acid groups (broad SMARTS) is 1. The van der Waals surface area contributed by atoms with Gasteiger partial charge in [0, 0.05) is 25.7 Å². The molecule has 0 amide bonds. The van der Waals surface area contributed by atoms with Crippen molar-refractivity contribution >= 4 is 56.6 Å². The molecule has 0 fully saturated rings. The molecule has 0 aliphatic heterocycles. The SMILES string of the molecule is CCOC(=O)COc1c(C(=O)O)sc2cc(OCc3ccc(Cl)cc3Cl)ccc12. The molecule has 3 aromatic rings. The fourth-order valence-corrected chi connectivity index (χ4v) is 4.04. The van der Waals surface area contributed by atoms with Crippen molar-refractivity contribution in [3.63, 3.8) is 0 Å². The average Bonchev–Trinajstić information content (AvgIpc) is 3.04. The van der Waals surface area contributed by atoms with Crippen molar-refractivity contribution in [3.8, 4) is 11.5 Å². The van der Waals surface area contributed by atoms with E-state index in [0.717, 1.165) is 16.9 Å². The molecule has 29 heavy (non-hydrogen) atoms. The first kappa shape index (κ1) is 21.2. The lowest BCUT2D eigenvalue weighted by Gasteiger charge is -2.09. The highest BCUT2D eigenvalue weighted by Gasteiger charge is 2.21. The molecule has 0 aliphatic rings. The van der Waals surface area contributed by atoms with Crippen LogP contribution in [0.4, 0.5) is 0 Å². The van der Waals surface area contributed by atoms with Crippen LogP contribution < -0.4 is 9.47 Å². The quantitative estimate of drug-likeness (QED) is 0.457. The average molecular weight is 455 g/mol. The third-order valence-electron chi connectivity index (χ3n) is 3.86. The Labute approximate surface area is 180 Å². The molecule has 152 valence electrons. The number of benzene rings is 2. The summed E-state index contributed by atoms with van der Waals surface area (Å²) in [5.41, 5.74) is 0.770. The van der Waals surface area contributed by atoms with Gasteiger partial charge in [0.2, 0.25) is 0 Å². The first-order valence-electron chi connectivity index (χ1n) is 8.54. The Morgan fingerprint density at radius 2 is 1.90 bits per heavy atom. The van der Waals surface area contributed by atoms with Gasteiger partial charge in [0.25, 0.3) is 0 Å². The van der Waals surface area contributed by atoms with E-state index < -0.39 is 11.9 Å². The van der Waals surface area contributed by atoms with E-state index in [-0.39, 0.29) is 30.4 Å². The van der Waals surface area contributed by atoms with Gasteiger partial charge in [-0.15, -0.1) is 11.3 Å². The molecule has 0 radical (unpaired) electrons. The molecule has 2 aromatic carbocycles. The van der Waals surface area contributed by atoms with E-state index in [9.17, 15) is 14.7 Å². The molecule has 1 N–H and O–H groups in total. The largest absolute Gasteiger partial charge is 0.489 e. The summed E-state index contributed by atoms with van der Waals surface area (Å²) >= 11 is 13.1. The molecule has 0 bridgehead atoms. The van der Waals surface area contributed by atoms with Gasteiger partial charge in [-0.2, -0.15) is 0 Å². The van der Waals surface area contributed by atoms with Crippen LogP contribution in [0.1, 0.15) is 22.2 Å². The van der Waals surface area contributed by atoms with Gasteiger partial charge in [-0.3, -0.25) is 0 Å². The third kappa shape index (κ3) is 5.12. The Kier molecular flexibility index (Phi) is 6.84. The van der Waals surface area contributed by atoms with E-state index in [0.29, 0.717) is 25.9 Å². The predicted molar refractivity (Wildman–Crippen MR) is 112 cm³/mol. The van der Waals surface area contributed by atoms with E-state index in [1.54, 1.807) is 43.3 Å². The van der Waals surface area contributed by atoms with Crippen molar-refractivity contribution in [1.29, 1.82) is 0 Å². The zero-order valence-electron chi connectivity index (χ0n) is 15.2. The molecule has 3 rings (SSSR count). The molecule has 0 aliphatic carbocycles. The topological polar surface area (TPSA) is 82.1 Å². The summed E-state index contributed by atoms with van der Waals surface area (Å²) in [5.74, 6) is -1.03. The van der Waals surface area contributed by atoms with E-state index in [1.807, 2.05) is 0 Å². The van der Waals surface area contributed by atoms with Gasteiger partial charge in [0.05, 0.1) is 6.61 Å². The van der Waals surface area contributed by atoms with Crippen LogP contribution in [-0.2, 0) is 16.1 Å². The standard InChI is InChI=1S/C20H16Cl2O6S/c1-2-26-17(23)10-28-18-14-6-5-13(8-16(14)29-19(18)20(24)25)27-9-11-3-4-12(21)7-15(11)22/h3-8H,2,9-10H2,1H3,(H,24,25). The number of esters is 1. The summed E-state index contributed by atoms with van der Waals surface area (Å²) < 4.78 is 16.7. The number of ether oxygens (including phenoxy) is 3. The number of hydrogen-bond acceptors (Lipinski definition) is 6. The molecule has 0 unspecified atom stereocenters. The maximum atomic E-state index is 11.6. The second-order valence-electron chi connectivity index (χ2n) is 5.84. The van der Waals surface area contributed by atoms with E-state index in [2.05, 4.69) is 0 Å². The Morgan fingerprint density at radius 1 is 1.10 bits per heavy atom. The van der Waals surface area contributed by atoms with E-state index in [4.69, 9.17) is 37.4 Å². The molecule has 0 atom stereocenters. The van der Waals surface area contributed by atoms with Gasteiger partial charge in [-0.05, 0) is 37.3 Å². The highest BCUT2D eigenvalue weighted by Crippen LogP contribution is 2.39. The summed E-state index contributed by atoms with van der Waals surface area (Å²) in [4.78, 5) is 23.1. The Morgan fingerprint density at radius 3 is 2.59 bits per heavy atom. The van der Waals surface area contributed by atoms with Crippen molar-refractivity contribution < 1.29 is 28.9 Å². The van der Waals surface area contributed by atoms with Crippen molar-refractivity contribution in [1.82, 2.24) is 0 Å². The molecule has 1 aromatic heterocycles. The summed E-state index contributed by atoms with van der Waals surface area (Å²) in [6, 6.07) is 10.2. The highest BCUT2D eigenvalue weighted by molar-refractivity contribution is 7.21. The number of aromatic carboxylic acids is 1. The number of carboxylic acids is 1. The molecule has 9 heteroatoms. The Bertz CT molecular complexity index is 1060. The second-order valence-corrected chi connectivity index (χ2v) is 7.74. The van der Waals surface area contributed by atoms with Crippen LogP contribution >= 0.6 is 34.5 Å². The lowest BCUT2D eigenvalue weighted by molar-refractivity contribution is -0.145. The van der Waals surface area contributed by atoms with E-state index in [1.165, 1.54) is 0 Å². The Hall–Kier alpha value is -2.48. The summed E-state index contributed by atoms with van der Waals surface area (Å²) in [7, 11) is 0. The second kappa shape index (κ2) is 9.35. The minimum Gasteiger partial charge on any atom is -0.489 e. The maximum Gasteiger partial charge on any atom is 0.349 e. The third-order valence-corrected chi connectivity index (χ3v) is 5.57.